The lowest BCUT2D eigenvalue weighted by Gasteiger charge is -2.05. The highest BCUT2D eigenvalue weighted by Crippen LogP contribution is 2.25. The Morgan fingerprint density at radius 3 is 2.94 bits per heavy atom. The molecule has 0 radical (unpaired) electrons. The van der Waals surface area contributed by atoms with Crippen LogP contribution in [0.4, 0.5) is 10.1 Å². The smallest absolute Gasteiger partial charge is 0.306 e. The summed E-state index contributed by atoms with van der Waals surface area (Å²) < 4.78 is 17.5. The summed E-state index contributed by atoms with van der Waals surface area (Å²) in [4.78, 5) is 11.8. The molecule has 0 heterocycles. The number of ether oxygens (including phenoxy) is 1. The van der Waals surface area contributed by atoms with E-state index >= 15 is 0 Å². The maximum atomic E-state index is 12.7. The number of halogens is 1. The van der Waals surface area contributed by atoms with Crippen molar-refractivity contribution in [1.82, 2.24) is 0 Å². The fourth-order valence-corrected chi connectivity index (χ4v) is 2.01. The van der Waals surface area contributed by atoms with Gasteiger partial charge in [-0.25, -0.2) is 4.39 Å². The third-order valence-corrected chi connectivity index (χ3v) is 2.93. The minimum atomic E-state index is -0.354. The number of nitrogens with two attached hydrogens (primary N) is 1. The van der Waals surface area contributed by atoms with Gasteiger partial charge in [0, 0.05) is 16.3 Å². The fraction of sp³-hybridized carbons (Fsp3) is 0.364. The van der Waals surface area contributed by atoms with E-state index in [1.807, 2.05) is 0 Å². The van der Waals surface area contributed by atoms with Crippen LogP contribution in [0.1, 0.15) is 13.3 Å². The van der Waals surface area contributed by atoms with Crippen LogP contribution in [0.2, 0.25) is 0 Å². The Hall–Kier alpha value is -1.23. The molecule has 1 aromatic carbocycles. The Morgan fingerprint density at radius 2 is 2.31 bits per heavy atom. The van der Waals surface area contributed by atoms with Crippen molar-refractivity contribution in [3.05, 3.63) is 24.0 Å². The molecule has 0 saturated carbocycles. The van der Waals surface area contributed by atoms with Crippen LogP contribution in [0.25, 0.3) is 0 Å². The first kappa shape index (κ1) is 12.8. The SMILES string of the molecule is CCOC(=O)CCSc1ccc(F)cc1N. The summed E-state index contributed by atoms with van der Waals surface area (Å²) in [5, 5.41) is 0. The molecule has 0 amide bonds. The summed E-state index contributed by atoms with van der Waals surface area (Å²) >= 11 is 1.42. The second-order valence-electron chi connectivity index (χ2n) is 3.09. The molecule has 0 aliphatic rings. The number of carbonyl (C=O) groups is 1. The lowest BCUT2D eigenvalue weighted by atomic mass is 10.3. The van der Waals surface area contributed by atoms with Crippen LogP contribution in [0, 0.1) is 5.82 Å². The minimum absolute atomic E-state index is 0.226. The number of carbonyl (C=O) groups excluding carboxylic acids is 1. The number of hydrogen-bond donors (Lipinski definition) is 1. The maximum Gasteiger partial charge on any atom is 0.306 e. The standard InChI is InChI=1S/C11H14FNO2S/c1-2-15-11(14)5-6-16-10-4-3-8(12)7-9(10)13/h3-4,7H,2,5-6,13H2,1H3. The van der Waals surface area contributed by atoms with Crippen LogP contribution in [-0.2, 0) is 9.53 Å². The molecule has 0 aliphatic carbocycles. The van der Waals surface area contributed by atoms with E-state index in [0.717, 1.165) is 4.90 Å². The van der Waals surface area contributed by atoms with Gasteiger partial charge in [-0.1, -0.05) is 0 Å². The summed E-state index contributed by atoms with van der Waals surface area (Å²) in [7, 11) is 0. The Labute approximate surface area is 98.2 Å². The van der Waals surface area contributed by atoms with Gasteiger partial charge in [0.1, 0.15) is 5.82 Å². The topological polar surface area (TPSA) is 52.3 Å². The highest BCUT2D eigenvalue weighted by atomic mass is 32.2. The third-order valence-electron chi connectivity index (χ3n) is 1.84. The van der Waals surface area contributed by atoms with Crippen molar-refractivity contribution in [3.63, 3.8) is 0 Å². The van der Waals surface area contributed by atoms with Gasteiger partial charge >= 0.3 is 5.97 Å². The molecule has 0 aliphatic heterocycles. The van der Waals surface area contributed by atoms with Gasteiger partial charge in [0.25, 0.3) is 0 Å². The average molecular weight is 243 g/mol. The van der Waals surface area contributed by atoms with E-state index in [4.69, 9.17) is 10.5 Å². The quantitative estimate of drug-likeness (QED) is 0.490. The second-order valence-corrected chi connectivity index (χ2v) is 4.22. The van der Waals surface area contributed by atoms with Crippen molar-refractivity contribution < 1.29 is 13.9 Å². The van der Waals surface area contributed by atoms with Crippen LogP contribution in [-0.4, -0.2) is 18.3 Å². The number of nitrogen functional groups attached to an aromatic ring is 1. The molecule has 5 heteroatoms. The van der Waals surface area contributed by atoms with Gasteiger partial charge in [-0.15, -0.1) is 11.8 Å². The molecule has 2 N–H and O–H groups in total. The largest absolute Gasteiger partial charge is 0.466 e. The first-order chi connectivity index (χ1) is 7.63. The van der Waals surface area contributed by atoms with Gasteiger partial charge in [-0.2, -0.15) is 0 Å². The van der Waals surface area contributed by atoms with Crippen molar-refractivity contribution in [2.45, 2.75) is 18.2 Å². The Balaban J connectivity index is 2.40. The van der Waals surface area contributed by atoms with E-state index in [1.54, 1.807) is 13.0 Å². The van der Waals surface area contributed by atoms with Crippen molar-refractivity contribution >= 4 is 23.4 Å². The third kappa shape index (κ3) is 4.10. The van der Waals surface area contributed by atoms with Crippen LogP contribution in [0.5, 0.6) is 0 Å². The molecule has 0 aromatic heterocycles. The van der Waals surface area contributed by atoms with E-state index in [1.165, 1.54) is 23.9 Å². The van der Waals surface area contributed by atoms with Gasteiger partial charge in [0.15, 0.2) is 0 Å². The average Bonchev–Trinajstić information content (AvgIpc) is 2.22. The molecular weight excluding hydrogens is 229 g/mol. The summed E-state index contributed by atoms with van der Waals surface area (Å²) in [6, 6.07) is 4.23. The zero-order chi connectivity index (χ0) is 12.0. The Morgan fingerprint density at radius 1 is 1.56 bits per heavy atom. The van der Waals surface area contributed by atoms with E-state index in [-0.39, 0.29) is 11.8 Å². The van der Waals surface area contributed by atoms with E-state index in [0.29, 0.717) is 24.5 Å². The monoisotopic (exact) mass is 243 g/mol. The number of anilines is 1. The van der Waals surface area contributed by atoms with Gasteiger partial charge < -0.3 is 10.5 Å². The fourth-order valence-electron chi connectivity index (χ4n) is 1.13. The minimum Gasteiger partial charge on any atom is -0.466 e. The predicted molar refractivity (Wildman–Crippen MR) is 62.8 cm³/mol. The normalized spacial score (nSPS) is 10.1. The van der Waals surface area contributed by atoms with Crippen molar-refractivity contribution in [2.24, 2.45) is 0 Å². The Bertz CT molecular complexity index is 371. The molecule has 0 fully saturated rings. The molecule has 3 nitrogen and oxygen atoms in total. The van der Waals surface area contributed by atoms with E-state index < -0.39 is 0 Å². The zero-order valence-corrected chi connectivity index (χ0v) is 9.85. The van der Waals surface area contributed by atoms with Crippen molar-refractivity contribution in [2.75, 3.05) is 18.1 Å². The summed E-state index contributed by atoms with van der Waals surface area (Å²) in [5.41, 5.74) is 6.02. The van der Waals surface area contributed by atoms with Crippen LogP contribution in [0.15, 0.2) is 23.1 Å². The summed E-state index contributed by atoms with van der Waals surface area (Å²) in [6.45, 7) is 2.16. The van der Waals surface area contributed by atoms with Crippen molar-refractivity contribution in [1.29, 1.82) is 0 Å². The van der Waals surface area contributed by atoms with Gasteiger partial charge in [-0.05, 0) is 25.1 Å². The number of hydrogen-bond acceptors (Lipinski definition) is 4. The molecule has 1 rings (SSSR count). The first-order valence-electron chi connectivity index (χ1n) is 4.97. The van der Waals surface area contributed by atoms with Gasteiger partial charge in [0.2, 0.25) is 0 Å². The predicted octanol–water partition coefficient (Wildman–Crippen LogP) is 2.45. The number of esters is 1. The van der Waals surface area contributed by atoms with Crippen LogP contribution < -0.4 is 5.73 Å². The van der Waals surface area contributed by atoms with Crippen molar-refractivity contribution in [3.8, 4) is 0 Å². The molecular formula is C11H14FNO2S. The first-order valence-corrected chi connectivity index (χ1v) is 5.95. The molecule has 0 atom stereocenters. The van der Waals surface area contributed by atoms with Gasteiger partial charge in [0.05, 0.1) is 13.0 Å². The van der Waals surface area contributed by atoms with Crippen LogP contribution in [0.3, 0.4) is 0 Å². The molecule has 16 heavy (non-hydrogen) atoms. The molecule has 88 valence electrons. The molecule has 0 spiro atoms. The number of rotatable bonds is 5. The summed E-state index contributed by atoms with van der Waals surface area (Å²) in [6.07, 6.45) is 0.329. The number of thioether (sulfide) groups is 1. The van der Waals surface area contributed by atoms with E-state index in [2.05, 4.69) is 0 Å². The number of benzene rings is 1. The molecule has 0 bridgehead atoms. The van der Waals surface area contributed by atoms with Gasteiger partial charge in [-0.3, -0.25) is 4.79 Å². The highest BCUT2D eigenvalue weighted by Gasteiger charge is 2.05. The highest BCUT2D eigenvalue weighted by molar-refractivity contribution is 7.99. The summed E-state index contributed by atoms with van der Waals surface area (Å²) in [5.74, 6) is -0.00258. The molecule has 1 aromatic rings. The molecule has 0 unspecified atom stereocenters. The lowest BCUT2D eigenvalue weighted by Crippen LogP contribution is -2.04. The van der Waals surface area contributed by atoms with E-state index in [9.17, 15) is 9.18 Å². The second kappa shape index (κ2) is 6.37. The lowest BCUT2D eigenvalue weighted by molar-refractivity contribution is -0.142. The maximum absolute atomic E-state index is 12.7. The Kier molecular flexibility index (Phi) is 5.11. The zero-order valence-electron chi connectivity index (χ0n) is 9.03. The molecule has 0 saturated heterocycles. The van der Waals surface area contributed by atoms with Crippen LogP contribution >= 0.6 is 11.8 Å².